The Kier molecular flexibility index (Phi) is 4.39. The number of Topliss-reactive ketones (excluding diaryl/α,β-unsaturated/α-hetero) is 1. The van der Waals surface area contributed by atoms with E-state index in [1.165, 1.54) is 0 Å². The minimum atomic E-state index is -4.69. The van der Waals surface area contributed by atoms with E-state index < -0.39 is 24.5 Å². The van der Waals surface area contributed by atoms with Gasteiger partial charge in [0.05, 0.1) is 0 Å². The Hall–Kier alpha value is -0.580. The SMILES string of the molecule is CC(C)CC(=O)C[C@@H](O)C(F)(F)F. The van der Waals surface area contributed by atoms with Crippen LogP contribution in [0.3, 0.4) is 0 Å². The van der Waals surface area contributed by atoms with E-state index in [-0.39, 0.29) is 12.3 Å². The third-order valence-electron chi connectivity index (χ3n) is 1.43. The number of carbonyl (C=O) groups excluding carboxylic acids is 1. The summed E-state index contributed by atoms with van der Waals surface area (Å²) in [6, 6.07) is 0. The van der Waals surface area contributed by atoms with Crippen LogP contribution in [-0.4, -0.2) is 23.2 Å². The molecule has 0 saturated heterocycles. The van der Waals surface area contributed by atoms with Crippen molar-refractivity contribution in [3.05, 3.63) is 0 Å². The maximum Gasteiger partial charge on any atom is 0.414 e. The number of aliphatic hydroxyl groups is 1. The molecule has 0 unspecified atom stereocenters. The summed E-state index contributed by atoms with van der Waals surface area (Å²) >= 11 is 0. The summed E-state index contributed by atoms with van der Waals surface area (Å²) in [4.78, 5) is 10.9. The summed E-state index contributed by atoms with van der Waals surface area (Å²) in [5, 5.41) is 8.52. The monoisotopic (exact) mass is 198 g/mol. The zero-order valence-corrected chi connectivity index (χ0v) is 7.56. The van der Waals surface area contributed by atoms with E-state index >= 15 is 0 Å². The van der Waals surface area contributed by atoms with Gasteiger partial charge < -0.3 is 5.11 Å². The normalized spacial score (nSPS) is 14.7. The summed E-state index contributed by atoms with van der Waals surface area (Å²) in [6.45, 7) is 3.47. The molecule has 78 valence electrons. The lowest BCUT2D eigenvalue weighted by atomic mass is 10.0. The van der Waals surface area contributed by atoms with Crippen molar-refractivity contribution in [2.24, 2.45) is 5.92 Å². The van der Waals surface area contributed by atoms with Crippen molar-refractivity contribution in [3.63, 3.8) is 0 Å². The molecule has 0 radical (unpaired) electrons. The standard InChI is InChI=1S/C8H13F3O2/c1-5(2)3-6(12)4-7(13)8(9,10)11/h5,7,13H,3-4H2,1-2H3/t7-/m1/s1. The number of hydrogen-bond donors (Lipinski definition) is 1. The molecule has 0 spiro atoms. The van der Waals surface area contributed by atoms with Crippen LogP contribution in [0, 0.1) is 5.92 Å². The number of carbonyl (C=O) groups is 1. The van der Waals surface area contributed by atoms with Crippen molar-refractivity contribution < 1.29 is 23.1 Å². The highest BCUT2D eigenvalue weighted by Crippen LogP contribution is 2.23. The van der Waals surface area contributed by atoms with Gasteiger partial charge in [-0.25, -0.2) is 0 Å². The van der Waals surface area contributed by atoms with Gasteiger partial charge in [0.1, 0.15) is 5.78 Å². The second kappa shape index (κ2) is 4.60. The quantitative estimate of drug-likeness (QED) is 0.749. The Morgan fingerprint density at radius 2 is 1.77 bits per heavy atom. The van der Waals surface area contributed by atoms with Crippen molar-refractivity contribution in [3.8, 4) is 0 Å². The van der Waals surface area contributed by atoms with Gasteiger partial charge in [-0.2, -0.15) is 13.2 Å². The highest BCUT2D eigenvalue weighted by atomic mass is 19.4. The van der Waals surface area contributed by atoms with Gasteiger partial charge in [0.2, 0.25) is 0 Å². The number of rotatable bonds is 4. The maximum atomic E-state index is 11.7. The van der Waals surface area contributed by atoms with Crippen LogP contribution in [0.25, 0.3) is 0 Å². The van der Waals surface area contributed by atoms with Crippen molar-refractivity contribution in [2.75, 3.05) is 0 Å². The van der Waals surface area contributed by atoms with Gasteiger partial charge in [0.15, 0.2) is 6.10 Å². The smallest absolute Gasteiger partial charge is 0.383 e. The molecule has 0 aliphatic rings. The van der Waals surface area contributed by atoms with Crippen LogP contribution in [0.5, 0.6) is 0 Å². The molecular weight excluding hydrogens is 185 g/mol. The number of alkyl halides is 3. The van der Waals surface area contributed by atoms with E-state index in [0.29, 0.717) is 0 Å². The molecule has 5 heteroatoms. The Labute approximate surface area is 74.7 Å². The third-order valence-corrected chi connectivity index (χ3v) is 1.43. The molecule has 1 atom stereocenters. The van der Waals surface area contributed by atoms with Crippen molar-refractivity contribution in [2.45, 2.75) is 39.0 Å². The molecule has 0 fully saturated rings. The minimum Gasteiger partial charge on any atom is -0.383 e. The maximum absolute atomic E-state index is 11.7. The summed E-state index contributed by atoms with van der Waals surface area (Å²) in [6.07, 6.45) is -7.96. The molecule has 2 nitrogen and oxygen atoms in total. The van der Waals surface area contributed by atoms with Crippen LogP contribution in [0.2, 0.25) is 0 Å². The van der Waals surface area contributed by atoms with Crippen LogP contribution >= 0.6 is 0 Å². The van der Waals surface area contributed by atoms with Crippen molar-refractivity contribution >= 4 is 5.78 Å². The van der Waals surface area contributed by atoms with Gasteiger partial charge in [-0.05, 0) is 5.92 Å². The van der Waals surface area contributed by atoms with Crippen LogP contribution in [0.4, 0.5) is 13.2 Å². The molecule has 0 amide bonds. The molecular formula is C8H13F3O2. The second-order valence-corrected chi connectivity index (χ2v) is 3.40. The molecule has 0 aliphatic carbocycles. The van der Waals surface area contributed by atoms with E-state index in [4.69, 9.17) is 5.11 Å². The lowest BCUT2D eigenvalue weighted by Gasteiger charge is -2.13. The van der Waals surface area contributed by atoms with E-state index in [0.717, 1.165) is 0 Å². The molecule has 0 aromatic rings. The van der Waals surface area contributed by atoms with Gasteiger partial charge >= 0.3 is 6.18 Å². The number of halogens is 3. The Balaban J connectivity index is 3.93. The van der Waals surface area contributed by atoms with Crippen LogP contribution in [0.15, 0.2) is 0 Å². The van der Waals surface area contributed by atoms with Crippen LogP contribution in [0.1, 0.15) is 26.7 Å². The fraction of sp³-hybridized carbons (Fsp3) is 0.875. The number of hydrogen-bond acceptors (Lipinski definition) is 2. The van der Waals surface area contributed by atoms with Gasteiger partial charge in [-0.3, -0.25) is 4.79 Å². The van der Waals surface area contributed by atoms with E-state index in [9.17, 15) is 18.0 Å². The average molecular weight is 198 g/mol. The molecule has 13 heavy (non-hydrogen) atoms. The van der Waals surface area contributed by atoms with E-state index in [1.54, 1.807) is 13.8 Å². The predicted molar refractivity (Wildman–Crippen MR) is 41.1 cm³/mol. The molecule has 0 aromatic carbocycles. The first-order valence-electron chi connectivity index (χ1n) is 4.00. The Morgan fingerprint density at radius 3 is 2.08 bits per heavy atom. The molecule has 0 aliphatic heterocycles. The van der Waals surface area contributed by atoms with Crippen LogP contribution < -0.4 is 0 Å². The fourth-order valence-corrected chi connectivity index (χ4v) is 0.870. The van der Waals surface area contributed by atoms with Gasteiger partial charge in [0.25, 0.3) is 0 Å². The van der Waals surface area contributed by atoms with Crippen LogP contribution in [-0.2, 0) is 4.79 Å². The summed E-state index contributed by atoms with van der Waals surface area (Å²) in [5.74, 6) is -0.534. The molecule has 0 heterocycles. The molecule has 0 rings (SSSR count). The topological polar surface area (TPSA) is 37.3 Å². The van der Waals surface area contributed by atoms with Gasteiger partial charge in [-0.1, -0.05) is 13.8 Å². The zero-order chi connectivity index (χ0) is 10.6. The first-order chi connectivity index (χ1) is 5.73. The summed E-state index contributed by atoms with van der Waals surface area (Å²) in [7, 11) is 0. The van der Waals surface area contributed by atoms with E-state index in [2.05, 4.69) is 0 Å². The first-order valence-corrected chi connectivity index (χ1v) is 4.00. The fourth-order valence-electron chi connectivity index (χ4n) is 0.870. The van der Waals surface area contributed by atoms with Crippen molar-refractivity contribution in [1.82, 2.24) is 0 Å². The lowest BCUT2D eigenvalue weighted by molar-refractivity contribution is -0.205. The Morgan fingerprint density at radius 1 is 1.31 bits per heavy atom. The minimum absolute atomic E-state index is 0.0212. The molecule has 0 bridgehead atoms. The molecule has 1 N–H and O–H groups in total. The molecule has 0 aromatic heterocycles. The number of ketones is 1. The highest BCUT2D eigenvalue weighted by molar-refractivity contribution is 5.79. The van der Waals surface area contributed by atoms with Gasteiger partial charge in [-0.15, -0.1) is 0 Å². The first kappa shape index (κ1) is 12.4. The lowest BCUT2D eigenvalue weighted by Crippen LogP contribution is -2.31. The highest BCUT2D eigenvalue weighted by Gasteiger charge is 2.39. The third kappa shape index (κ3) is 5.63. The molecule has 0 saturated carbocycles. The van der Waals surface area contributed by atoms with Crippen molar-refractivity contribution in [1.29, 1.82) is 0 Å². The average Bonchev–Trinajstić information content (AvgIpc) is 1.82. The second-order valence-electron chi connectivity index (χ2n) is 3.40. The summed E-state index contributed by atoms with van der Waals surface area (Å²) < 4.78 is 35.2. The number of aliphatic hydroxyl groups excluding tert-OH is 1. The largest absolute Gasteiger partial charge is 0.414 e. The Bertz CT molecular complexity index is 175. The van der Waals surface area contributed by atoms with E-state index in [1.807, 2.05) is 0 Å². The summed E-state index contributed by atoms with van der Waals surface area (Å²) in [5.41, 5.74) is 0. The zero-order valence-electron chi connectivity index (χ0n) is 7.56. The predicted octanol–water partition coefficient (Wildman–Crippen LogP) is 1.91. The van der Waals surface area contributed by atoms with Gasteiger partial charge in [0, 0.05) is 12.8 Å².